The van der Waals surface area contributed by atoms with Gasteiger partial charge in [0.05, 0.1) is 6.54 Å². The van der Waals surface area contributed by atoms with Gasteiger partial charge in [-0.2, -0.15) is 0 Å². The SMILES string of the molecule is CCNC(=NCC1CCCN1Cc1ccccc1)NCCCOCC1CCOCC1.I. The second-order valence-electron chi connectivity index (χ2n) is 8.38. The maximum absolute atomic E-state index is 5.86. The zero-order chi connectivity index (χ0) is 20.9. The first-order chi connectivity index (χ1) is 14.8. The number of likely N-dealkylation sites (tertiary alicyclic amines) is 1. The maximum atomic E-state index is 5.86. The number of nitrogens with one attached hydrogen (secondary N) is 2. The van der Waals surface area contributed by atoms with Crippen molar-refractivity contribution in [1.29, 1.82) is 0 Å². The molecule has 0 saturated carbocycles. The highest BCUT2D eigenvalue weighted by molar-refractivity contribution is 14.0. The molecule has 2 N–H and O–H groups in total. The van der Waals surface area contributed by atoms with Crippen LogP contribution in [0.15, 0.2) is 35.3 Å². The third-order valence-electron chi connectivity index (χ3n) is 5.98. The van der Waals surface area contributed by atoms with Gasteiger partial charge in [-0.25, -0.2) is 0 Å². The third kappa shape index (κ3) is 10.1. The van der Waals surface area contributed by atoms with Gasteiger partial charge in [0.2, 0.25) is 0 Å². The van der Waals surface area contributed by atoms with Crippen LogP contribution < -0.4 is 10.6 Å². The van der Waals surface area contributed by atoms with Crippen molar-refractivity contribution < 1.29 is 9.47 Å². The van der Waals surface area contributed by atoms with Crippen LogP contribution in [0, 0.1) is 5.92 Å². The Morgan fingerprint density at radius 1 is 1.16 bits per heavy atom. The lowest BCUT2D eigenvalue weighted by atomic mass is 10.0. The Bertz CT molecular complexity index is 611. The molecule has 1 atom stereocenters. The van der Waals surface area contributed by atoms with Gasteiger partial charge in [-0.15, -0.1) is 24.0 Å². The van der Waals surface area contributed by atoms with Crippen LogP contribution in [0.25, 0.3) is 0 Å². The van der Waals surface area contributed by atoms with E-state index in [1.807, 2.05) is 0 Å². The number of rotatable bonds is 11. The first-order valence-electron chi connectivity index (χ1n) is 11.8. The number of aliphatic imine (C=N–C) groups is 1. The van der Waals surface area contributed by atoms with Crippen LogP contribution in [0.5, 0.6) is 0 Å². The molecule has 1 aromatic carbocycles. The van der Waals surface area contributed by atoms with Crippen LogP contribution in [0.1, 0.15) is 44.6 Å². The summed E-state index contributed by atoms with van der Waals surface area (Å²) in [4.78, 5) is 7.45. The van der Waals surface area contributed by atoms with Gasteiger partial charge in [0, 0.05) is 52.1 Å². The van der Waals surface area contributed by atoms with E-state index < -0.39 is 0 Å². The lowest BCUT2D eigenvalue weighted by Crippen LogP contribution is -2.39. The Hall–Kier alpha value is -0.900. The zero-order valence-electron chi connectivity index (χ0n) is 19.1. The molecule has 1 unspecified atom stereocenters. The van der Waals surface area contributed by atoms with Crippen molar-refractivity contribution in [3.63, 3.8) is 0 Å². The Morgan fingerprint density at radius 3 is 2.74 bits per heavy atom. The first kappa shape index (κ1) is 26.4. The molecule has 1 aromatic rings. The topological polar surface area (TPSA) is 58.1 Å². The molecule has 0 aliphatic carbocycles. The number of halogens is 1. The fraction of sp³-hybridized carbons (Fsp3) is 0.708. The zero-order valence-corrected chi connectivity index (χ0v) is 21.4. The summed E-state index contributed by atoms with van der Waals surface area (Å²) in [7, 11) is 0. The van der Waals surface area contributed by atoms with E-state index in [0.29, 0.717) is 12.0 Å². The molecule has 0 amide bonds. The van der Waals surface area contributed by atoms with Crippen molar-refractivity contribution in [2.45, 2.75) is 51.6 Å². The second kappa shape index (κ2) is 15.8. The second-order valence-corrected chi connectivity index (χ2v) is 8.38. The van der Waals surface area contributed by atoms with Crippen molar-refractivity contribution in [3.05, 3.63) is 35.9 Å². The monoisotopic (exact) mass is 544 g/mol. The van der Waals surface area contributed by atoms with E-state index in [-0.39, 0.29) is 24.0 Å². The lowest BCUT2D eigenvalue weighted by molar-refractivity contribution is 0.0203. The molecule has 0 radical (unpaired) electrons. The molecule has 3 rings (SSSR count). The molecule has 2 saturated heterocycles. The first-order valence-corrected chi connectivity index (χ1v) is 11.8. The van der Waals surface area contributed by atoms with E-state index in [4.69, 9.17) is 14.5 Å². The minimum Gasteiger partial charge on any atom is -0.381 e. The summed E-state index contributed by atoms with van der Waals surface area (Å²) in [5.74, 6) is 1.60. The highest BCUT2D eigenvalue weighted by atomic mass is 127. The summed E-state index contributed by atoms with van der Waals surface area (Å²) < 4.78 is 11.3. The summed E-state index contributed by atoms with van der Waals surface area (Å²) in [5.41, 5.74) is 1.39. The van der Waals surface area contributed by atoms with Gasteiger partial charge in [0.25, 0.3) is 0 Å². The molecule has 176 valence electrons. The number of hydrogen-bond donors (Lipinski definition) is 2. The van der Waals surface area contributed by atoms with Gasteiger partial charge in [-0.3, -0.25) is 9.89 Å². The van der Waals surface area contributed by atoms with Crippen molar-refractivity contribution in [1.82, 2.24) is 15.5 Å². The molecule has 2 heterocycles. The maximum Gasteiger partial charge on any atom is 0.191 e. The van der Waals surface area contributed by atoms with Gasteiger partial charge in [0.1, 0.15) is 0 Å². The lowest BCUT2D eigenvalue weighted by Gasteiger charge is -2.23. The molecule has 2 fully saturated rings. The van der Waals surface area contributed by atoms with Crippen LogP contribution in [0.4, 0.5) is 0 Å². The molecular weight excluding hydrogens is 503 g/mol. The molecule has 0 spiro atoms. The Labute approximate surface area is 205 Å². The van der Waals surface area contributed by atoms with Gasteiger partial charge in [-0.1, -0.05) is 30.3 Å². The summed E-state index contributed by atoms with van der Waals surface area (Å²) in [6, 6.07) is 11.3. The van der Waals surface area contributed by atoms with Crippen LogP contribution in [-0.4, -0.2) is 69.5 Å². The Kier molecular flexibility index (Phi) is 13.5. The summed E-state index contributed by atoms with van der Waals surface area (Å²) >= 11 is 0. The number of ether oxygens (including phenoxy) is 2. The van der Waals surface area contributed by atoms with Crippen LogP contribution >= 0.6 is 24.0 Å². The van der Waals surface area contributed by atoms with E-state index in [0.717, 1.165) is 77.8 Å². The van der Waals surface area contributed by atoms with E-state index in [2.05, 4.69) is 52.8 Å². The van der Waals surface area contributed by atoms with E-state index >= 15 is 0 Å². The number of nitrogens with zero attached hydrogens (tertiary/aromatic N) is 2. The minimum atomic E-state index is 0. The predicted octanol–water partition coefficient (Wildman–Crippen LogP) is 3.66. The Morgan fingerprint density at radius 2 is 1.97 bits per heavy atom. The largest absolute Gasteiger partial charge is 0.381 e. The fourth-order valence-corrected chi connectivity index (χ4v) is 4.21. The quantitative estimate of drug-likeness (QED) is 0.193. The van der Waals surface area contributed by atoms with E-state index in [1.165, 1.54) is 24.9 Å². The van der Waals surface area contributed by atoms with Gasteiger partial charge >= 0.3 is 0 Å². The molecule has 31 heavy (non-hydrogen) atoms. The molecule has 0 bridgehead atoms. The smallest absolute Gasteiger partial charge is 0.191 e. The molecule has 2 aliphatic heterocycles. The standard InChI is InChI=1S/C24H40N4O2.HI/c1-2-25-24(26-13-7-15-30-20-22-11-16-29-17-12-22)27-18-23-10-6-14-28(23)19-21-8-4-3-5-9-21;/h3-5,8-9,22-23H,2,6-7,10-20H2,1H3,(H2,25,26,27);1H. The van der Waals surface area contributed by atoms with Crippen molar-refractivity contribution >= 4 is 29.9 Å². The molecule has 7 heteroatoms. The Balaban J connectivity index is 0.00000341. The van der Waals surface area contributed by atoms with Crippen molar-refractivity contribution in [2.75, 3.05) is 52.6 Å². The van der Waals surface area contributed by atoms with Crippen LogP contribution in [-0.2, 0) is 16.0 Å². The predicted molar refractivity (Wildman–Crippen MR) is 138 cm³/mol. The van der Waals surface area contributed by atoms with Crippen molar-refractivity contribution in [3.8, 4) is 0 Å². The van der Waals surface area contributed by atoms with E-state index in [1.54, 1.807) is 0 Å². The minimum absolute atomic E-state index is 0. The highest BCUT2D eigenvalue weighted by Crippen LogP contribution is 2.20. The van der Waals surface area contributed by atoms with Crippen molar-refractivity contribution in [2.24, 2.45) is 10.9 Å². The average molecular weight is 545 g/mol. The summed E-state index contributed by atoms with van der Waals surface area (Å²) in [5, 5.41) is 6.85. The normalized spacial score (nSPS) is 20.4. The van der Waals surface area contributed by atoms with Gasteiger partial charge in [-0.05, 0) is 57.1 Å². The van der Waals surface area contributed by atoms with Gasteiger partial charge < -0.3 is 20.1 Å². The molecule has 0 aromatic heterocycles. The third-order valence-corrected chi connectivity index (χ3v) is 5.98. The average Bonchev–Trinajstić information content (AvgIpc) is 3.22. The summed E-state index contributed by atoms with van der Waals surface area (Å²) in [6.07, 6.45) is 5.77. The molecule has 6 nitrogen and oxygen atoms in total. The fourth-order valence-electron chi connectivity index (χ4n) is 4.21. The highest BCUT2D eigenvalue weighted by Gasteiger charge is 2.24. The summed E-state index contributed by atoms with van der Waals surface area (Å²) in [6.45, 7) is 10.4. The number of benzene rings is 1. The van der Waals surface area contributed by atoms with Crippen LogP contribution in [0.3, 0.4) is 0 Å². The number of hydrogen-bond acceptors (Lipinski definition) is 4. The van der Waals surface area contributed by atoms with Gasteiger partial charge in [0.15, 0.2) is 5.96 Å². The number of guanidine groups is 1. The molecular formula is C24H41IN4O2. The molecule has 2 aliphatic rings. The van der Waals surface area contributed by atoms with E-state index in [9.17, 15) is 0 Å². The van der Waals surface area contributed by atoms with Crippen LogP contribution in [0.2, 0.25) is 0 Å².